The Labute approximate surface area is 173 Å². The molecule has 0 unspecified atom stereocenters. The fraction of sp³-hybridized carbons (Fsp3) is 0.150. The van der Waals surface area contributed by atoms with Crippen LogP contribution in [0, 0.1) is 0 Å². The zero-order valence-corrected chi connectivity index (χ0v) is 17.4. The molecule has 28 heavy (non-hydrogen) atoms. The van der Waals surface area contributed by atoms with E-state index in [9.17, 15) is 13.2 Å². The van der Waals surface area contributed by atoms with E-state index in [1.807, 2.05) is 0 Å². The summed E-state index contributed by atoms with van der Waals surface area (Å²) >= 11 is 3.45. The number of anilines is 1. The summed E-state index contributed by atoms with van der Waals surface area (Å²) in [4.78, 5) is 12.4. The summed E-state index contributed by atoms with van der Waals surface area (Å²) in [6, 6.07) is 16.6. The smallest absolute Gasteiger partial charge is 0.261 e. The summed E-state index contributed by atoms with van der Waals surface area (Å²) in [5, 5.41) is 7.06. The second-order valence-electron chi connectivity index (χ2n) is 5.94. The number of carbonyl (C=O) groups is 1. The first-order valence-corrected chi connectivity index (χ1v) is 12.2. The average Bonchev–Trinajstić information content (AvgIpc) is 3.22. The summed E-state index contributed by atoms with van der Waals surface area (Å²) in [5.41, 5.74) is 2.20. The van der Waals surface area contributed by atoms with Crippen LogP contribution in [0.1, 0.15) is 15.9 Å². The number of benzene rings is 2. The minimum Gasteiger partial charge on any atom is -0.351 e. The lowest BCUT2D eigenvalue weighted by atomic mass is 10.2. The first-order chi connectivity index (χ1) is 13.5. The number of thioether (sulfide) groups is 1. The van der Waals surface area contributed by atoms with E-state index >= 15 is 0 Å². The molecule has 0 bridgehead atoms. The van der Waals surface area contributed by atoms with E-state index in [-0.39, 0.29) is 10.8 Å². The lowest BCUT2D eigenvalue weighted by Crippen LogP contribution is -2.25. The molecule has 0 saturated heterocycles. The monoisotopic (exact) mass is 432 g/mol. The highest BCUT2D eigenvalue weighted by Crippen LogP contribution is 2.17. The van der Waals surface area contributed by atoms with E-state index in [1.54, 1.807) is 65.6 Å². The highest BCUT2D eigenvalue weighted by molar-refractivity contribution is 7.98. The molecule has 8 heteroatoms. The standard InChI is InChI=1S/C20H20N2O3S3/c23-20(21-11-13-27-15-16-10-12-26-14-16)17-6-8-18(9-7-17)22-28(24,25)19-4-2-1-3-5-19/h1-10,12,14,22H,11,13,15H2,(H,21,23). The van der Waals surface area contributed by atoms with Crippen molar-refractivity contribution in [1.82, 2.24) is 5.32 Å². The van der Waals surface area contributed by atoms with E-state index in [0.717, 1.165) is 11.5 Å². The van der Waals surface area contributed by atoms with Crippen LogP contribution in [0.25, 0.3) is 0 Å². The quantitative estimate of drug-likeness (QED) is 0.497. The van der Waals surface area contributed by atoms with Crippen LogP contribution in [0.3, 0.4) is 0 Å². The van der Waals surface area contributed by atoms with Gasteiger partial charge < -0.3 is 5.32 Å². The van der Waals surface area contributed by atoms with Crippen LogP contribution in [-0.2, 0) is 15.8 Å². The molecule has 146 valence electrons. The topological polar surface area (TPSA) is 75.3 Å². The van der Waals surface area contributed by atoms with Gasteiger partial charge in [0.25, 0.3) is 15.9 Å². The van der Waals surface area contributed by atoms with Gasteiger partial charge in [0, 0.05) is 29.3 Å². The summed E-state index contributed by atoms with van der Waals surface area (Å²) in [6.07, 6.45) is 0. The maximum Gasteiger partial charge on any atom is 0.261 e. The highest BCUT2D eigenvalue weighted by Gasteiger charge is 2.13. The zero-order chi connectivity index (χ0) is 19.8. The van der Waals surface area contributed by atoms with Crippen molar-refractivity contribution in [3.8, 4) is 0 Å². The van der Waals surface area contributed by atoms with Crippen molar-refractivity contribution in [2.75, 3.05) is 17.0 Å². The Morgan fingerprint density at radius 1 is 1.00 bits per heavy atom. The maximum atomic E-state index is 12.3. The molecule has 0 aliphatic carbocycles. The molecule has 0 spiro atoms. The first kappa shape index (κ1) is 20.4. The fourth-order valence-electron chi connectivity index (χ4n) is 2.41. The van der Waals surface area contributed by atoms with Crippen LogP contribution in [0.15, 0.2) is 76.3 Å². The van der Waals surface area contributed by atoms with Gasteiger partial charge in [-0.25, -0.2) is 8.42 Å². The molecule has 3 aromatic rings. The van der Waals surface area contributed by atoms with Gasteiger partial charge in [-0.1, -0.05) is 18.2 Å². The van der Waals surface area contributed by atoms with Gasteiger partial charge in [-0.05, 0) is 58.8 Å². The van der Waals surface area contributed by atoms with E-state index in [1.165, 1.54) is 17.7 Å². The predicted octanol–water partition coefficient (Wildman–Crippen LogP) is 4.21. The molecule has 2 N–H and O–H groups in total. The number of amides is 1. The van der Waals surface area contributed by atoms with E-state index in [4.69, 9.17) is 0 Å². The Morgan fingerprint density at radius 2 is 1.75 bits per heavy atom. The number of carbonyl (C=O) groups excluding carboxylic acids is 1. The molecule has 0 saturated carbocycles. The van der Waals surface area contributed by atoms with Crippen LogP contribution >= 0.6 is 23.1 Å². The molecule has 1 aromatic heterocycles. The average molecular weight is 433 g/mol. The molecular weight excluding hydrogens is 412 g/mol. The number of rotatable bonds is 9. The van der Waals surface area contributed by atoms with Crippen LogP contribution in [0.5, 0.6) is 0 Å². The van der Waals surface area contributed by atoms with Crippen molar-refractivity contribution in [3.05, 3.63) is 82.6 Å². The molecule has 2 aromatic carbocycles. The molecule has 0 radical (unpaired) electrons. The van der Waals surface area contributed by atoms with Gasteiger partial charge in [-0.2, -0.15) is 23.1 Å². The van der Waals surface area contributed by atoms with E-state index in [2.05, 4.69) is 26.9 Å². The van der Waals surface area contributed by atoms with Crippen LogP contribution in [0.2, 0.25) is 0 Å². The number of sulfonamides is 1. The van der Waals surface area contributed by atoms with Gasteiger partial charge in [-0.15, -0.1) is 0 Å². The van der Waals surface area contributed by atoms with Crippen molar-refractivity contribution in [1.29, 1.82) is 0 Å². The Morgan fingerprint density at radius 3 is 2.43 bits per heavy atom. The maximum absolute atomic E-state index is 12.3. The summed E-state index contributed by atoms with van der Waals surface area (Å²) in [6.45, 7) is 0.579. The summed E-state index contributed by atoms with van der Waals surface area (Å²) in [5.74, 6) is 1.60. The molecule has 1 heterocycles. The Bertz CT molecular complexity index is 987. The Balaban J connectivity index is 1.47. The largest absolute Gasteiger partial charge is 0.351 e. The van der Waals surface area contributed by atoms with E-state index in [0.29, 0.717) is 17.8 Å². The van der Waals surface area contributed by atoms with Crippen molar-refractivity contribution >= 4 is 44.7 Å². The number of thiophene rings is 1. The fourth-order valence-corrected chi connectivity index (χ4v) is 5.07. The Kier molecular flexibility index (Phi) is 7.13. The lowest BCUT2D eigenvalue weighted by molar-refractivity contribution is 0.0956. The first-order valence-electron chi connectivity index (χ1n) is 8.59. The van der Waals surface area contributed by atoms with Gasteiger partial charge in [0.1, 0.15) is 0 Å². The number of hydrogen-bond acceptors (Lipinski definition) is 5. The molecule has 0 atom stereocenters. The van der Waals surface area contributed by atoms with Crippen LogP contribution in [0.4, 0.5) is 5.69 Å². The third-order valence-corrected chi connectivity index (χ3v) is 6.99. The van der Waals surface area contributed by atoms with Crippen LogP contribution < -0.4 is 10.0 Å². The molecule has 3 rings (SSSR count). The van der Waals surface area contributed by atoms with Crippen molar-refractivity contribution < 1.29 is 13.2 Å². The van der Waals surface area contributed by atoms with Gasteiger partial charge in [0.2, 0.25) is 0 Å². The van der Waals surface area contributed by atoms with Crippen molar-refractivity contribution in [2.24, 2.45) is 0 Å². The number of hydrogen-bond donors (Lipinski definition) is 2. The van der Waals surface area contributed by atoms with E-state index < -0.39 is 10.0 Å². The summed E-state index contributed by atoms with van der Waals surface area (Å²) < 4.78 is 27.1. The van der Waals surface area contributed by atoms with Gasteiger partial charge >= 0.3 is 0 Å². The van der Waals surface area contributed by atoms with Crippen molar-refractivity contribution in [3.63, 3.8) is 0 Å². The SMILES string of the molecule is O=C(NCCSCc1ccsc1)c1ccc(NS(=O)(=O)c2ccccc2)cc1. The third kappa shape index (κ3) is 5.85. The highest BCUT2D eigenvalue weighted by atomic mass is 32.2. The minimum absolute atomic E-state index is 0.173. The molecule has 1 amide bonds. The molecule has 0 aliphatic heterocycles. The van der Waals surface area contributed by atoms with Gasteiger partial charge in [-0.3, -0.25) is 9.52 Å². The molecule has 5 nitrogen and oxygen atoms in total. The molecular formula is C20H20N2O3S3. The minimum atomic E-state index is -3.64. The Hall–Kier alpha value is -2.29. The van der Waals surface area contributed by atoms with Gasteiger partial charge in [0.05, 0.1) is 4.90 Å². The normalized spacial score (nSPS) is 11.1. The predicted molar refractivity (Wildman–Crippen MR) is 117 cm³/mol. The second kappa shape index (κ2) is 9.77. The third-order valence-electron chi connectivity index (χ3n) is 3.83. The number of nitrogens with one attached hydrogen (secondary N) is 2. The van der Waals surface area contributed by atoms with Crippen LogP contribution in [-0.4, -0.2) is 26.6 Å². The van der Waals surface area contributed by atoms with Gasteiger partial charge in [0.15, 0.2) is 0 Å². The molecule has 0 fully saturated rings. The zero-order valence-electron chi connectivity index (χ0n) is 15.0. The summed E-state index contributed by atoms with van der Waals surface area (Å²) in [7, 11) is -3.64. The lowest BCUT2D eigenvalue weighted by Gasteiger charge is -2.09. The molecule has 0 aliphatic rings. The van der Waals surface area contributed by atoms with Crippen molar-refractivity contribution in [2.45, 2.75) is 10.6 Å². The second-order valence-corrected chi connectivity index (χ2v) is 9.50.